The van der Waals surface area contributed by atoms with E-state index in [1.165, 1.54) is 27.1 Å². The zero-order chi connectivity index (χ0) is 14.7. The molecule has 2 aromatic rings. The maximum Gasteiger partial charge on any atom is 0.134 e. The normalized spacial score (nSPS) is 12.4. The Bertz CT molecular complexity index is 565. The molecule has 20 heavy (non-hydrogen) atoms. The highest BCUT2D eigenvalue weighted by Gasteiger charge is 2.18. The van der Waals surface area contributed by atoms with Crippen molar-refractivity contribution in [3.8, 4) is 5.75 Å². The molecule has 0 aliphatic carbocycles. The lowest BCUT2D eigenvalue weighted by molar-refractivity contribution is 0.405. The van der Waals surface area contributed by atoms with Crippen LogP contribution in [0.2, 0.25) is 0 Å². The van der Waals surface area contributed by atoms with Gasteiger partial charge >= 0.3 is 0 Å². The van der Waals surface area contributed by atoms with Gasteiger partial charge in [-0.25, -0.2) is 0 Å². The molecular weight excluding hydrogens is 266 g/mol. The second-order valence-electron chi connectivity index (χ2n) is 5.28. The fourth-order valence-corrected chi connectivity index (χ4v) is 3.76. The third-order valence-electron chi connectivity index (χ3n) is 3.79. The Kier molecular flexibility index (Phi) is 4.84. The van der Waals surface area contributed by atoms with Crippen molar-refractivity contribution in [2.24, 2.45) is 0 Å². The van der Waals surface area contributed by atoms with Gasteiger partial charge < -0.3 is 10.1 Å². The van der Waals surface area contributed by atoms with Gasteiger partial charge in [0, 0.05) is 6.04 Å². The molecule has 1 aromatic carbocycles. The van der Waals surface area contributed by atoms with Crippen molar-refractivity contribution in [3.63, 3.8) is 0 Å². The van der Waals surface area contributed by atoms with Crippen LogP contribution in [0.5, 0.6) is 5.75 Å². The quantitative estimate of drug-likeness (QED) is 0.891. The van der Waals surface area contributed by atoms with Crippen LogP contribution in [0.15, 0.2) is 23.6 Å². The molecule has 0 aliphatic heterocycles. The van der Waals surface area contributed by atoms with Crippen molar-refractivity contribution < 1.29 is 4.74 Å². The highest BCUT2D eigenvalue weighted by molar-refractivity contribution is 7.10. The summed E-state index contributed by atoms with van der Waals surface area (Å²) in [6, 6.07) is 6.87. The summed E-state index contributed by atoms with van der Waals surface area (Å²) < 4.78 is 5.46. The SMILES string of the molecule is CNC(Cc1c(C)cc(C)cc1C)c1sccc1OC. The second-order valence-corrected chi connectivity index (χ2v) is 6.22. The highest BCUT2D eigenvalue weighted by Crippen LogP contribution is 2.33. The van der Waals surface area contributed by atoms with E-state index in [1.54, 1.807) is 18.4 Å². The second kappa shape index (κ2) is 6.42. The molecule has 0 saturated carbocycles. The van der Waals surface area contributed by atoms with Crippen molar-refractivity contribution >= 4 is 11.3 Å². The predicted molar refractivity (Wildman–Crippen MR) is 87.0 cm³/mol. The molecule has 0 radical (unpaired) electrons. The molecule has 2 rings (SSSR count). The van der Waals surface area contributed by atoms with Crippen molar-refractivity contribution in [1.82, 2.24) is 5.32 Å². The average Bonchev–Trinajstić information content (AvgIpc) is 2.86. The summed E-state index contributed by atoms with van der Waals surface area (Å²) in [5.41, 5.74) is 5.51. The standard InChI is InChI=1S/C17H23NOS/c1-11-8-12(2)14(13(3)9-11)10-15(18-4)17-16(19-5)6-7-20-17/h6-9,15,18H,10H2,1-5H3. The zero-order valence-electron chi connectivity index (χ0n) is 12.9. The minimum Gasteiger partial charge on any atom is -0.496 e. The van der Waals surface area contributed by atoms with Gasteiger partial charge in [0.2, 0.25) is 0 Å². The smallest absolute Gasteiger partial charge is 0.134 e. The van der Waals surface area contributed by atoms with Gasteiger partial charge in [0.05, 0.1) is 12.0 Å². The number of likely N-dealkylation sites (N-methyl/N-ethyl adjacent to an activating group) is 1. The van der Waals surface area contributed by atoms with Crippen LogP contribution in [0.1, 0.15) is 33.2 Å². The summed E-state index contributed by atoms with van der Waals surface area (Å²) in [4.78, 5) is 1.27. The fraction of sp³-hybridized carbons (Fsp3) is 0.412. The molecular formula is C17H23NOS. The van der Waals surface area contributed by atoms with E-state index in [1.807, 2.05) is 13.1 Å². The van der Waals surface area contributed by atoms with E-state index < -0.39 is 0 Å². The lowest BCUT2D eigenvalue weighted by atomic mass is 9.94. The van der Waals surface area contributed by atoms with E-state index in [-0.39, 0.29) is 0 Å². The van der Waals surface area contributed by atoms with E-state index in [9.17, 15) is 0 Å². The van der Waals surface area contributed by atoms with Crippen LogP contribution < -0.4 is 10.1 Å². The summed E-state index contributed by atoms with van der Waals surface area (Å²) in [6.07, 6.45) is 0.991. The van der Waals surface area contributed by atoms with Gasteiger partial charge in [-0.05, 0) is 62.4 Å². The van der Waals surface area contributed by atoms with E-state index in [0.717, 1.165) is 12.2 Å². The maximum atomic E-state index is 5.46. The molecule has 0 aliphatic rings. The molecule has 0 saturated heterocycles. The molecule has 1 N–H and O–H groups in total. The molecule has 3 heteroatoms. The van der Waals surface area contributed by atoms with Gasteiger partial charge in [0.15, 0.2) is 0 Å². The van der Waals surface area contributed by atoms with Gasteiger partial charge in [-0.1, -0.05) is 17.7 Å². The van der Waals surface area contributed by atoms with Gasteiger partial charge in [-0.15, -0.1) is 11.3 Å². The zero-order valence-corrected chi connectivity index (χ0v) is 13.7. The van der Waals surface area contributed by atoms with E-state index in [4.69, 9.17) is 4.74 Å². The first-order chi connectivity index (χ1) is 9.56. The van der Waals surface area contributed by atoms with E-state index >= 15 is 0 Å². The van der Waals surface area contributed by atoms with Crippen LogP contribution in [0, 0.1) is 20.8 Å². The number of aryl methyl sites for hydroxylation is 3. The van der Waals surface area contributed by atoms with Crippen LogP contribution in [0.3, 0.4) is 0 Å². The average molecular weight is 289 g/mol. The van der Waals surface area contributed by atoms with Crippen LogP contribution >= 0.6 is 11.3 Å². The number of thiophene rings is 1. The Hall–Kier alpha value is -1.32. The molecule has 1 heterocycles. The molecule has 108 valence electrons. The molecule has 0 spiro atoms. The number of hydrogen-bond acceptors (Lipinski definition) is 3. The van der Waals surface area contributed by atoms with Gasteiger partial charge in [0.1, 0.15) is 5.75 Å². The van der Waals surface area contributed by atoms with Crippen LogP contribution in [-0.2, 0) is 6.42 Å². The van der Waals surface area contributed by atoms with E-state index in [0.29, 0.717) is 6.04 Å². The highest BCUT2D eigenvalue weighted by atomic mass is 32.1. The van der Waals surface area contributed by atoms with Crippen LogP contribution in [0.4, 0.5) is 0 Å². The lowest BCUT2D eigenvalue weighted by Gasteiger charge is -2.19. The summed E-state index contributed by atoms with van der Waals surface area (Å²) in [5.74, 6) is 0.983. The minimum absolute atomic E-state index is 0.296. The molecule has 1 atom stereocenters. The lowest BCUT2D eigenvalue weighted by Crippen LogP contribution is -2.19. The number of nitrogens with one attached hydrogen (secondary N) is 1. The molecule has 0 amide bonds. The summed E-state index contributed by atoms with van der Waals surface area (Å²) in [7, 11) is 3.75. The van der Waals surface area contributed by atoms with Crippen molar-refractivity contribution in [1.29, 1.82) is 0 Å². The van der Waals surface area contributed by atoms with Crippen molar-refractivity contribution in [2.45, 2.75) is 33.2 Å². The van der Waals surface area contributed by atoms with Crippen LogP contribution in [0.25, 0.3) is 0 Å². The number of rotatable bonds is 5. The Labute approximate surface area is 125 Å². The first-order valence-electron chi connectivity index (χ1n) is 6.92. The van der Waals surface area contributed by atoms with Crippen molar-refractivity contribution in [2.75, 3.05) is 14.2 Å². The van der Waals surface area contributed by atoms with E-state index in [2.05, 4.69) is 43.6 Å². The first-order valence-corrected chi connectivity index (χ1v) is 7.80. The molecule has 1 aromatic heterocycles. The van der Waals surface area contributed by atoms with Gasteiger partial charge in [-0.2, -0.15) is 0 Å². The molecule has 1 unspecified atom stereocenters. The van der Waals surface area contributed by atoms with Gasteiger partial charge in [0.25, 0.3) is 0 Å². The first kappa shape index (κ1) is 15.1. The summed E-state index contributed by atoms with van der Waals surface area (Å²) >= 11 is 1.75. The molecule has 0 fully saturated rings. The third kappa shape index (κ3) is 3.05. The summed E-state index contributed by atoms with van der Waals surface area (Å²) in [5, 5.41) is 5.52. The monoisotopic (exact) mass is 289 g/mol. The topological polar surface area (TPSA) is 21.3 Å². The number of ether oxygens (including phenoxy) is 1. The third-order valence-corrected chi connectivity index (χ3v) is 4.80. The van der Waals surface area contributed by atoms with Crippen LogP contribution in [-0.4, -0.2) is 14.2 Å². The number of hydrogen-bond donors (Lipinski definition) is 1. The maximum absolute atomic E-state index is 5.46. The fourth-order valence-electron chi connectivity index (χ4n) is 2.79. The summed E-state index contributed by atoms with van der Waals surface area (Å²) in [6.45, 7) is 6.56. The Morgan fingerprint density at radius 1 is 1.20 bits per heavy atom. The number of benzene rings is 1. The predicted octanol–water partition coefficient (Wildman–Crippen LogP) is 4.19. The molecule has 0 bridgehead atoms. The minimum atomic E-state index is 0.296. The van der Waals surface area contributed by atoms with Gasteiger partial charge in [-0.3, -0.25) is 0 Å². The largest absolute Gasteiger partial charge is 0.496 e. The Balaban J connectivity index is 2.32. The van der Waals surface area contributed by atoms with Crippen molar-refractivity contribution in [3.05, 3.63) is 50.7 Å². The Morgan fingerprint density at radius 3 is 2.40 bits per heavy atom. The molecule has 2 nitrogen and oxygen atoms in total. The number of methoxy groups -OCH3 is 1. The Morgan fingerprint density at radius 2 is 1.85 bits per heavy atom.